The molecule has 260 valence electrons. The second kappa shape index (κ2) is 14.8. The molecule has 3 atom stereocenters. The van der Waals surface area contributed by atoms with Gasteiger partial charge in [-0.2, -0.15) is 13.2 Å². The van der Waals surface area contributed by atoms with Crippen molar-refractivity contribution in [2.45, 2.75) is 50.6 Å². The molecule has 7 nitrogen and oxygen atoms in total. The predicted octanol–water partition coefficient (Wildman–Crippen LogP) is 8.93. The summed E-state index contributed by atoms with van der Waals surface area (Å²) in [6.07, 6.45) is -3.08. The number of rotatable bonds is 9. The molecule has 1 amide bonds. The summed E-state index contributed by atoms with van der Waals surface area (Å²) in [4.78, 5) is 35.6. The average Bonchev–Trinajstić information content (AvgIpc) is 3.74. The quantitative estimate of drug-likeness (QED) is 0.161. The molecular weight excluding hydrogens is 690 g/mol. The average molecular weight is 725 g/mol. The molecule has 1 fully saturated rings. The number of esters is 1. The number of benzene rings is 4. The largest absolute Gasteiger partial charge is 0.493 e. The lowest BCUT2D eigenvalue weighted by Gasteiger charge is -2.30. The van der Waals surface area contributed by atoms with Crippen LogP contribution < -0.4 is 4.74 Å². The van der Waals surface area contributed by atoms with Crippen LogP contribution in [-0.4, -0.2) is 53.8 Å². The zero-order valence-electron chi connectivity index (χ0n) is 27.3. The van der Waals surface area contributed by atoms with E-state index in [-0.39, 0.29) is 35.8 Å². The number of amidine groups is 1. The number of hydrogen-bond acceptors (Lipinski definition) is 6. The summed E-state index contributed by atoms with van der Waals surface area (Å²) in [6.45, 7) is 3.13. The lowest BCUT2D eigenvalue weighted by atomic mass is 9.93. The monoisotopic (exact) mass is 723 g/mol. The lowest BCUT2D eigenvalue weighted by Crippen LogP contribution is -2.38. The van der Waals surface area contributed by atoms with Crippen molar-refractivity contribution in [1.29, 1.82) is 0 Å². The summed E-state index contributed by atoms with van der Waals surface area (Å²) in [5.41, 5.74) is 1.69. The Kier molecular flexibility index (Phi) is 10.5. The normalized spacial score (nSPS) is 19.4. The highest BCUT2D eigenvalue weighted by Gasteiger charge is 2.44. The second-order valence-electron chi connectivity index (χ2n) is 12.1. The van der Waals surface area contributed by atoms with Crippen LogP contribution in [0.1, 0.15) is 70.0 Å². The van der Waals surface area contributed by atoms with Gasteiger partial charge in [0.15, 0.2) is 0 Å². The van der Waals surface area contributed by atoms with Crippen LogP contribution in [0, 0.1) is 0 Å². The minimum Gasteiger partial charge on any atom is -0.493 e. The van der Waals surface area contributed by atoms with Crippen molar-refractivity contribution in [3.8, 4) is 5.75 Å². The zero-order valence-corrected chi connectivity index (χ0v) is 28.8. The number of ether oxygens (including phenoxy) is 2. The van der Waals surface area contributed by atoms with Crippen LogP contribution >= 0.6 is 23.2 Å². The van der Waals surface area contributed by atoms with Crippen LogP contribution in [0.25, 0.3) is 0 Å². The highest BCUT2D eigenvalue weighted by Crippen LogP contribution is 2.46. The Hall–Kier alpha value is -4.38. The van der Waals surface area contributed by atoms with Gasteiger partial charge in [0.1, 0.15) is 23.7 Å². The molecule has 12 heteroatoms. The van der Waals surface area contributed by atoms with Gasteiger partial charge in [-0.05, 0) is 97.6 Å². The minimum atomic E-state index is -4.66. The van der Waals surface area contributed by atoms with Crippen molar-refractivity contribution in [1.82, 2.24) is 9.80 Å². The van der Waals surface area contributed by atoms with Crippen molar-refractivity contribution in [3.63, 3.8) is 0 Å². The molecule has 0 aliphatic carbocycles. The van der Waals surface area contributed by atoms with E-state index >= 15 is 0 Å². The smallest absolute Gasteiger partial charge is 0.416 e. The van der Waals surface area contributed by atoms with Gasteiger partial charge in [-0.15, -0.1) is 0 Å². The molecule has 3 unspecified atom stereocenters. The molecule has 0 radical (unpaired) electrons. The van der Waals surface area contributed by atoms with Crippen molar-refractivity contribution in [2.75, 3.05) is 20.3 Å². The van der Waals surface area contributed by atoms with Crippen molar-refractivity contribution in [2.24, 2.45) is 4.99 Å². The molecule has 0 saturated carbocycles. The van der Waals surface area contributed by atoms with Gasteiger partial charge in [-0.1, -0.05) is 59.6 Å². The summed E-state index contributed by atoms with van der Waals surface area (Å²) in [6, 6.07) is 22.3. The molecule has 2 aliphatic heterocycles. The topological polar surface area (TPSA) is 71.4 Å². The second-order valence-corrected chi connectivity index (χ2v) is 13.0. The van der Waals surface area contributed by atoms with Gasteiger partial charge in [0.25, 0.3) is 5.91 Å². The summed E-state index contributed by atoms with van der Waals surface area (Å²) in [5.74, 6) is -0.559. The van der Waals surface area contributed by atoms with E-state index in [9.17, 15) is 22.8 Å². The third kappa shape index (κ3) is 7.38. The summed E-state index contributed by atoms with van der Waals surface area (Å²) < 4.78 is 53.1. The Morgan fingerprint density at radius 3 is 2.14 bits per heavy atom. The van der Waals surface area contributed by atoms with Crippen LogP contribution in [0.4, 0.5) is 13.2 Å². The maximum Gasteiger partial charge on any atom is 0.416 e. The maximum atomic E-state index is 14.8. The van der Waals surface area contributed by atoms with E-state index in [1.807, 2.05) is 17.0 Å². The highest BCUT2D eigenvalue weighted by atomic mass is 35.5. The van der Waals surface area contributed by atoms with Crippen molar-refractivity contribution in [3.05, 3.63) is 134 Å². The molecule has 2 heterocycles. The van der Waals surface area contributed by atoms with Gasteiger partial charge in [-0.25, -0.2) is 0 Å². The Morgan fingerprint density at radius 2 is 1.54 bits per heavy atom. The Balaban J connectivity index is 1.46. The molecule has 6 rings (SSSR count). The van der Waals surface area contributed by atoms with Crippen LogP contribution in [0.2, 0.25) is 10.0 Å². The molecule has 4 aromatic rings. The van der Waals surface area contributed by atoms with Gasteiger partial charge in [0.05, 0.1) is 30.9 Å². The Bertz CT molecular complexity index is 1880. The summed E-state index contributed by atoms with van der Waals surface area (Å²) in [5, 5.41) is 0.976. The number of amides is 1. The van der Waals surface area contributed by atoms with E-state index in [4.69, 9.17) is 37.7 Å². The predicted molar refractivity (Wildman–Crippen MR) is 186 cm³/mol. The van der Waals surface area contributed by atoms with Crippen LogP contribution in [-0.2, 0) is 22.3 Å². The van der Waals surface area contributed by atoms with E-state index < -0.39 is 29.7 Å². The van der Waals surface area contributed by atoms with E-state index in [2.05, 4.69) is 0 Å². The fourth-order valence-electron chi connectivity index (χ4n) is 6.57. The van der Waals surface area contributed by atoms with Crippen molar-refractivity contribution >= 4 is 40.9 Å². The number of halogens is 5. The molecule has 0 spiro atoms. The van der Waals surface area contributed by atoms with Gasteiger partial charge in [0, 0.05) is 22.2 Å². The van der Waals surface area contributed by atoms with Crippen LogP contribution in [0.15, 0.2) is 96.0 Å². The molecule has 0 bridgehead atoms. The van der Waals surface area contributed by atoms with E-state index in [0.717, 1.165) is 30.7 Å². The number of carbonyl (C=O) groups is 2. The Morgan fingerprint density at radius 1 is 0.900 bits per heavy atom. The van der Waals surface area contributed by atoms with E-state index in [1.54, 1.807) is 67.6 Å². The first-order chi connectivity index (χ1) is 24.0. The Labute approximate surface area is 298 Å². The fraction of sp³-hybridized carbons (Fsp3) is 0.289. The molecule has 0 N–H and O–H groups in total. The standard InChI is InChI=1S/C38H34Cl2F3N3O4/c1-3-50-32-19-14-27(38(41,42)43)21-30(32)35-44-33(24-10-15-28(39)16-11-24)34(25-12-17-29(40)18-13-25)46(35)36(47)26-8-6-23(7-9-26)22-45-20-4-5-31(45)37(48)49-2/h6-19,21,31,33-34H,3-5,20,22H2,1-2H3. The first-order valence-electron chi connectivity index (χ1n) is 16.2. The SMILES string of the molecule is CCOc1ccc(C(F)(F)F)cc1C1=NC(c2ccc(Cl)cc2)C(c2ccc(Cl)cc2)N1C(=O)c1ccc(CN2CCCC2C(=O)OC)cc1. The highest BCUT2D eigenvalue weighted by molar-refractivity contribution is 6.30. The van der Waals surface area contributed by atoms with Gasteiger partial charge < -0.3 is 9.47 Å². The summed E-state index contributed by atoms with van der Waals surface area (Å²) in [7, 11) is 1.38. The minimum absolute atomic E-state index is 0.0324. The number of likely N-dealkylation sites (tertiary alicyclic amines) is 1. The maximum absolute atomic E-state index is 14.8. The number of nitrogens with zero attached hydrogens (tertiary/aromatic N) is 3. The fourth-order valence-corrected chi connectivity index (χ4v) is 6.83. The van der Waals surface area contributed by atoms with Gasteiger partial charge in [-0.3, -0.25) is 24.4 Å². The molecule has 50 heavy (non-hydrogen) atoms. The molecule has 4 aromatic carbocycles. The third-order valence-corrected chi connectivity index (χ3v) is 9.48. The van der Waals surface area contributed by atoms with Gasteiger partial charge >= 0.3 is 12.1 Å². The van der Waals surface area contributed by atoms with Crippen LogP contribution in [0.3, 0.4) is 0 Å². The first-order valence-corrected chi connectivity index (χ1v) is 16.9. The van der Waals surface area contributed by atoms with Gasteiger partial charge in [0.2, 0.25) is 0 Å². The number of aliphatic imine (C=N–C) groups is 1. The molecule has 2 aliphatic rings. The number of carbonyl (C=O) groups excluding carboxylic acids is 2. The van der Waals surface area contributed by atoms with Crippen LogP contribution in [0.5, 0.6) is 5.75 Å². The van der Waals surface area contributed by atoms with E-state index in [0.29, 0.717) is 39.7 Å². The number of methoxy groups -OCH3 is 1. The number of hydrogen-bond donors (Lipinski definition) is 0. The molecule has 0 aromatic heterocycles. The molecular formula is C38H34Cl2F3N3O4. The first kappa shape index (κ1) is 35.4. The zero-order chi connectivity index (χ0) is 35.6. The molecule has 1 saturated heterocycles. The third-order valence-electron chi connectivity index (χ3n) is 8.98. The van der Waals surface area contributed by atoms with Crippen molar-refractivity contribution < 1.29 is 32.2 Å². The lowest BCUT2D eigenvalue weighted by molar-refractivity contribution is -0.146. The van der Waals surface area contributed by atoms with E-state index in [1.165, 1.54) is 18.1 Å². The summed E-state index contributed by atoms with van der Waals surface area (Å²) >= 11 is 12.5. The number of alkyl halides is 3.